The third-order valence-corrected chi connectivity index (χ3v) is 6.16. The number of hydrogen-bond acceptors (Lipinski definition) is 6. The van der Waals surface area contributed by atoms with Crippen molar-refractivity contribution in [3.8, 4) is 11.6 Å². The Kier molecular flexibility index (Phi) is 4.71. The van der Waals surface area contributed by atoms with Gasteiger partial charge in [0.1, 0.15) is 0 Å². The molecule has 0 N–H and O–H groups in total. The van der Waals surface area contributed by atoms with Crippen LogP contribution in [-0.2, 0) is 5.75 Å². The van der Waals surface area contributed by atoms with Crippen LogP contribution in [0.2, 0.25) is 0 Å². The van der Waals surface area contributed by atoms with Gasteiger partial charge in [-0.2, -0.15) is 0 Å². The molecule has 0 saturated heterocycles. The number of thioether (sulfide) groups is 1. The summed E-state index contributed by atoms with van der Waals surface area (Å²) >= 11 is 3.41. The number of hydrogen-bond donors (Lipinski definition) is 0. The predicted molar refractivity (Wildman–Crippen MR) is 96.3 cm³/mol. The highest BCUT2D eigenvalue weighted by atomic mass is 32.2. The molecule has 3 aromatic heterocycles. The molecule has 0 atom stereocenters. The van der Waals surface area contributed by atoms with Crippen molar-refractivity contribution in [3.05, 3.63) is 34.5 Å². The summed E-state index contributed by atoms with van der Waals surface area (Å²) in [4.78, 5) is 4.55. The van der Waals surface area contributed by atoms with E-state index in [1.807, 2.05) is 19.1 Å². The summed E-state index contributed by atoms with van der Waals surface area (Å²) in [6.45, 7) is 2.04. The van der Waals surface area contributed by atoms with E-state index in [-0.39, 0.29) is 0 Å². The van der Waals surface area contributed by atoms with Gasteiger partial charge in [-0.25, -0.2) is 4.98 Å². The molecule has 5 nitrogen and oxygen atoms in total. The van der Waals surface area contributed by atoms with E-state index in [1.165, 1.54) is 32.1 Å². The summed E-state index contributed by atoms with van der Waals surface area (Å²) in [5, 5.41) is 13.1. The first-order valence-electron chi connectivity index (χ1n) is 8.34. The van der Waals surface area contributed by atoms with Crippen molar-refractivity contribution in [2.75, 3.05) is 0 Å². The van der Waals surface area contributed by atoms with Crippen LogP contribution < -0.4 is 0 Å². The van der Waals surface area contributed by atoms with Crippen molar-refractivity contribution in [3.63, 3.8) is 0 Å². The zero-order valence-electron chi connectivity index (χ0n) is 13.6. The summed E-state index contributed by atoms with van der Waals surface area (Å²) in [7, 11) is 0. The van der Waals surface area contributed by atoms with E-state index in [2.05, 4.69) is 25.1 Å². The van der Waals surface area contributed by atoms with Crippen LogP contribution in [0, 0.1) is 6.92 Å². The summed E-state index contributed by atoms with van der Waals surface area (Å²) in [5.41, 5.74) is 1.11. The maximum absolute atomic E-state index is 5.59. The Morgan fingerprint density at radius 1 is 1.29 bits per heavy atom. The second-order valence-electron chi connectivity index (χ2n) is 6.09. The first kappa shape index (κ1) is 15.9. The van der Waals surface area contributed by atoms with Crippen LogP contribution in [0.3, 0.4) is 0 Å². The Labute approximate surface area is 149 Å². The van der Waals surface area contributed by atoms with Crippen LogP contribution in [0.4, 0.5) is 0 Å². The molecule has 1 aliphatic carbocycles. The lowest BCUT2D eigenvalue weighted by atomic mass is 9.95. The number of aromatic nitrogens is 4. The quantitative estimate of drug-likeness (QED) is 0.592. The van der Waals surface area contributed by atoms with E-state index in [4.69, 9.17) is 4.42 Å². The number of aryl methyl sites for hydroxylation is 1. The molecule has 0 bridgehead atoms. The van der Waals surface area contributed by atoms with Gasteiger partial charge in [-0.05, 0) is 31.9 Å². The molecular formula is C17H20N4OS2. The summed E-state index contributed by atoms with van der Waals surface area (Å²) in [5.74, 6) is 2.47. The molecule has 24 heavy (non-hydrogen) atoms. The Bertz CT molecular complexity index is 787. The smallest absolute Gasteiger partial charge is 0.200 e. The average molecular weight is 361 g/mol. The van der Waals surface area contributed by atoms with Gasteiger partial charge >= 0.3 is 0 Å². The number of rotatable bonds is 5. The van der Waals surface area contributed by atoms with E-state index in [0.717, 1.165) is 33.2 Å². The van der Waals surface area contributed by atoms with E-state index in [9.17, 15) is 0 Å². The molecule has 3 aromatic rings. The molecule has 0 radical (unpaired) electrons. The third kappa shape index (κ3) is 3.28. The van der Waals surface area contributed by atoms with Gasteiger partial charge in [0.2, 0.25) is 5.82 Å². The fraction of sp³-hybridized carbons (Fsp3) is 0.471. The van der Waals surface area contributed by atoms with Crippen LogP contribution >= 0.6 is 23.1 Å². The minimum absolute atomic E-state index is 0.466. The van der Waals surface area contributed by atoms with Gasteiger partial charge in [0.25, 0.3) is 0 Å². The van der Waals surface area contributed by atoms with Gasteiger partial charge < -0.3 is 4.42 Å². The Morgan fingerprint density at radius 2 is 2.17 bits per heavy atom. The first-order valence-corrected chi connectivity index (χ1v) is 10.2. The van der Waals surface area contributed by atoms with Crippen molar-refractivity contribution < 1.29 is 4.42 Å². The van der Waals surface area contributed by atoms with Crippen molar-refractivity contribution in [2.45, 2.75) is 56.0 Å². The Morgan fingerprint density at radius 3 is 2.88 bits per heavy atom. The van der Waals surface area contributed by atoms with Crippen LogP contribution in [-0.4, -0.2) is 19.7 Å². The lowest BCUT2D eigenvalue weighted by molar-refractivity contribution is 0.337. The predicted octanol–water partition coefficient (Wildman–Crippen LogP) is 5.10. The zero-order valence-corrected chi connectivity index (χ0v) is 15.3. The topological polar surface area (TPSA) is 56.7 Å². The molecule has 4 rings (SSSR count). The summed E-state index contributed by atoms with van der Waals surface area (Å²) in [6, 6.07) is 4.33. The fourth-order valence-corrected chi connectivity index (χ4v) is 4.85. The zero-order chi connectivity index (χ0) is 16.4. The molecule has 126 valence electrons. The molecule has 0 aliphatic heterocycles. The molecule has 1 saturated carbocycles. The number of nitrogens with zero attached hydrogens (tertiary/aromatic N) is 4. The highest BCUT2D eigenvalue weighted by Crippen LogP contribution is 2.36. The maximum atomic E-state index is 5.59. The van der Waals surface area contributed by atoms with Crippen molar-refractivity contribution in [1.29, 1.82) is 0 Å². The standard InChI is InChI=1S/C17H20N4OS2/c1-12-18-13(10-23-12)11-24-17-20-19-16(15-8-5-9-22-15)21(17)14-6-3-2-4-7-14/h5,8-10,14H,2-4,6-7,11H2,1H3. The molecule has 0 unspecified atom stereocenters. The van der Waals surface area contributed by atoms with E-state index >= 15 is 0 Å². The average Bonchev–Trinajstić information content (AvgIpc) is 3.34. The molecule has 1 aliphatic rings. The van der Waals surface area contributed by atoms with E-state index in [0.29, 0.717) is 6.04 Å². The van der Waals surface area contributed by atoms with Gasteiger partial charge in [0, 0.05) is 17.2 Å². The number of furan rings is 1. The number of thiazole rings is 1. The molecule has 0 aromatic carbocycles. The van der Waals surface area contributed by atoms with Gasteiger partial charge in [0.15, 0.2) is 10.9 Å². The van der Waals surface area contributed by atoms with E-state index < -0.39 is 0 Å². The largest absolute Gasteiger partial charge is 0.461 e. The maximum Gasteiger partial charge on any atom is 0.200 e. The molecule has 3 heterocycles. The second-order valence-corrected chi connectivity index (χ2v) is 8.10. The van der Waals surface area contributed by atoms with Gasteiger partial charge in [-0.15, -0.1) is 21.5 Å². The Balaban J connectivity index is 1.62. The monoisotopic (exact) mass is 360 g/mol. The minimum atomic E-state index is 0.466. The van der Waals surface area contributed by atoms with Gasteiger partial charge in [-0.3, -0.25) is 4.57 Å². The summed E-state index contributed by atoms with van der Waals surface area (Å²) < 4.78 is 7.88. The molecule has 0 spiro atoms. The van der Waals surface area contributed by atoms with E-state index in [1.54, 1.807) is 29.4 Å². The van der Waals surface area contributed by atoms with Crippen molar-refractivity contribution in [1.82, 2.24) is 19.7 Å². The van der Waals surface area contributed by atoms with Crippen LogP contribution in [0.5, 0.6) is 0 Å². The lowest BCUT2D eigenvalue weighted by Crippen LogP contribution is -2.15. The SMILES string of the molecule is Cc1nc(CSc2nnc(-c3ccco3)n2C2CCCCC2)cs1. The summed E-state index contributed by atoms with van der Waals surface area (Å²) in [6.07, 6.45) is 7.95. The highest BCUT2D eigenvalue weighted by Gasteiger charge is 2.25. The van der Waals surface area contributed by atoms with Gasteiger partial charge in [0.05, 0.1) is 17.0 Å². The fourth-order valence-electron chi connectivity index (χ4n) is 3.23. The molecular weight excluding hydrogens is 340 g/mol. The van der Waals surface area contributed by atoms with Crippen molar-refractivity contribution >= 4 is 23.1 Å². The normalized spacial score (nSPS) is 15.9. The minimum Gasteiger partial charge on any atom is -0.461 e. The molecule has 0 amide bonds. The molecule has 7 heteroatoms. The van der Waals surface area contributed by atoms with Crippen LogP contribution in [0.15, 0.2) is 33.3 Å². The molecule has 1 fully saturated rings. The second kappa shape index (κ2) is 7.11. The van der Waals surface area contributed by atoms with Gasteiger partial charge in [-0.1, -0.05) is 31.0 Å². The lowest BCUT2D eigenvalue weighted by Gasteiger charge is -2.25. The van der Waals surface area contributed by atoms with Crippen molar-refractivity contribution in [2.24, 2.45) is 0 Å². The third-order valence-electron chi connectivity index (χ3n) is 4.36. The van der Waals surface area contributed by atoms with Crippen LogP contribution in [0.25, 0.3) is 11.6 Å². The highest BCUT2D eigenvalue weighted by molar-refractivity contribution is 7.98. The van der Waals surface area contributed by atoms with Crippen LogP contribution in [0.1, 0.15) is 48.8 Å². The first-order chi connectivity index (χ1) is 11.8. The Hall–Kier alpha value is -1.60.